The van der Waals surface area contributed by atoms with E-state index in [0.29, 0.717) is 6.54 Å². The molecule has 0 aromatic heterocycles. The monoisotopic (exact) mass is 195 g/mol. The molecule has 5 heteroatoms. The standard InChI is InChI=1S/C9H13N3O2/c10-9-6(4-11-12-9)5-1-2-7(13)8(14)3-5/h1-3,6,9,11-14H,4,10H2. The number of phenols is 2. The van der Waals surface area contributed by atoms with Crippen LogP contribution in [0.4, 0.5) is 0 Å². The summed E-state index contributed by atoms with van der Waals surface area (Å²) in [4.78, 5) is 0. The van der Waals surface area contributed by atoms with Gasteiger partial charge in [-0.25, -0.2) is 5.43 Å². The summed E-state index contributed by atoms with van der Waals surface area (Å²) in [6.45, 7) is 0.714. The molecule has 0 amide bonds. The van der Waals surface area contributed by atoms with Crippen LogP contribution < -0.4 is 16.6 Å². The minimum atomic E-state index is -0.168. The minimum absolute atomic E-state index is 0.110. The number of phenolic OH excluding ortho intramolecular Hbond substituents is 2. The summed E-state index contributed by atoms with van der Waals surface area (Å²) in [6.07, 6.45) is -0.168. The lowest BCUT2D eigenvalue weighted by atomic mass is 9.97. The second-order valence-electron chi connectivity index (χ2n) is 3.41. The first-order chi connectivity index (χ1) is 6.68. The molecule has 5 nitrogen and oxygen atoms in total. The lowest BCUT2D eigenvalue weighted by Crippen LogP contribution is -2.38. The minimum Gasteiger partial charge on any atom is -0.504 e. The molecule has 1 fully saturated rings. The van der Waals surface area contributed by atoms with Gasteiger partial charge < -0.3 is 15.9 Å². The van der Waals surface area contributed by atoms with E-state index in [-0.39, 0.29) is 23.6 Å². The van der Waals surface area contributed by atoms with Gasteiger partial charge in [0.1, 0.15) is 0 Å². The molecule has 14 heavy (non-hydrogen) atoms. The van der Waals surface area contributed by atoms with Crippen molar-refractivity contribution in [3.05, 3.63) is 23.8 Å². The van der Waals surface area contributed by atoms with E-state index in [0.717, 1.165) is 5.56 Å². The third-order valence-corrected chi connectivity index (χ3v) is 2.45. The average Bonchev–Trinajstić information content (AvgIpc) is 2.57. The Morgan fingerprint density at radius 1 is 1.29 bits per heavy atom. The lowest BCUT2D eigenvalue weighted by Gasteiger charge is -2.14. The molecule has 2 atom stereocenters. The molecular formula is C9H13N3O2. The van der Waals surface area contributed by atoms with Crippen molar-refractivity contribution >= 4 is 0 Å². The van der Waals surface area contributed by atoms with Crippen LogP contribution in [0.1, 0.15) is 11.5 Å². The number of benzene rings is 1. The normalized spacial score (nSPS) is 26.6. The van der Waals surface area contributed by atoms with Gasteiger partial charge in [-0.2, -0.15) is 0 Å². The van der Waals surface area contributed by atoms with Crippen LogP contribution in [0.25, 0.3) is 0 Å². The molecule has 0 saturated carbocycles. The summed E-state index contributed by atoms with van der Waals surface area (Å²) >= 11 is 0. The van der Waals surface area contributed by atoms with Gasteiger partial charge in [-0.15, -0.1) is 0 Å². The van der Waals surface area contributed by atoms with Crippen molar-refractivity contribution in [3.8, 4) is 11.5 Å². The molecule has 2 unspecified atom stereocenters. The van der Waals surface area contributed by atoms with Gasteiger partial charge >= 0.3 is 0 Å². The van der Waals surface area contributed by atoms with Gasteiger partial charge in [0, 0.05) is 12.5 Å². The quantitative estimate of drug-likeness (QED) is 0.392. The van der Waals surface area contributed by atoms with E-state index < -0.39 is 0 Å². The number of hydrogen-bond acceptors (Lipinski definition) is 5. The molecule has 0 spiro atoms. The van der Waals surface area contributed by atoms with Crippen molar-refractivity contribution in [1.82, 2.24) is 10.9 Å². The molecule has 76 valence electrons. The van der Waals surface area contributed by atoms with Crippen molar-refractivity contribution < 1.29 is 10.2 Å². The highest BCUT2D eigenvalue weighted by Crippen LogP contribution is 2.29. The van der Waals surface area contributed by atoms with Gasteiger partial charge in [-0.1, -0.05) is 6.07 Å². The molecule has 1 aliphatic rings. The fourth-order valence-electron chi connectivity index (χ4n) is 1.61. The average molecular weight is 195 g/mol. The Morgan fingerprint density at radius 2 is 2.07 bits per heavy atom. The Balaban J connectivity index is 2.28. The number of hydrogen-bond donors (Lipinski definition) is 5. The molecule has 0 radical (unpaired) electrons. The molecular weight excluding hydrogens is 182 g/mol. The maximum Gasteiger partial charge on any atom is 0.157 e. The van der Waals surface area contributed by atoms with Gasteiger partial charge in [-0.05, 0) is 17.7 Å². The van der Waals surface area contributed by atoms with Crippen molar-refractivity contribution in [3.63, 3.8) is 0 Å². The Morgan fingerprint density at radius 3 is 2.64 bits per heavy atom. The van der Waals surface area contributed by atoms with Crippen LogP contribution in [0.3, 0.4) is 0 Å². The summed E-state index contributed by atoms with van der Waals surface area (Å²) in [5.74, 6) is -0.107. The number of nitrogens with two attached hydrogens (primary N) is 1. The van der Waals surface area contributed by atoms with Crippen LogP contribution in [0.15, 0.2) is 18.2 Å². The fourth-order valence-corrected chi connectivity index (χ4v) is 1.61. The highest BCUT2D eigenvalue weighted by atomic mass is 16.3. The zero-order valence-corrected chi connectivity index (χ0v) is 7.57. The van der Waals surface area contributed by atoms with Gasteiger partial charge in [0.2, 0.25) is 0 Å². The summed E-state index contributed by atoms with van der Waals surface area (Å²) in [7, 11) is 0. The molecule has 1 aliphatic heterocycles. The van der Waals surface area contributed by atoms with Crippen molar-refractivity contribution in [2.75, 3.05) is 6.54 Å². The van der Waals surface area contributed by atoms with Crippen molar-refractivity contribution in [2.45, 2.75) is 12.1 Å². The number of hydrazine groups is 1. The van der Waals surface area contributed by atoms with Crippen molar-refractivity contribution in [2.24, 2.45) is 5.73 Å². The first-order valence-electron chi connectivity index (χ1n) is 4.44. The molecule has 1 aromatic carbocycles. The van der Waals surface area contributed by atoms with Crippen LogP contribution in [0, 0.1) is 0 Å². The summed E-state index contributed by atoms with van der Waals surface area (Å²) in [5.41, 5.74) is 12.5. The molecule has 1 heterocycles. The summed E-state index contributed by atoms with van der Waals surface area (Å²) < 4.78 is 0. The smallest absolute Gasteiger partial charge is 0.157 e. The maximum atomic E-state index is 9.32. The molecule has 2 rings (SSSR count). The highest BCUT2D eigenvalue weighted by molar-refractivity contribution is 5.42. The summed E-state index contributed by atoms with van der Waals surface area (Å²) in [5, 5.41) is 18.5. The van der Waals surface area contributed by atoms with Gasteiger partial charge in [-0.3, -0.25) is 5.43 Å². The van der Waals surface area contributed by atoms with Gasteiger partial charge in [0.15, 0.2) is 11.5 Å². The van der Waals surface area contributed by atoms with Crippen LogP contribution in [-0.4, -0.2) is 22.9 Å². The van der Waals surface area contributed by atoms with Gasteiger partial charge in [0.05, 0.1) is 6.17 Å². The Kier molecular flexibility index (Phi) is 2.28. The number of rotatable bonds is 1. The second kappa shape index (κ2) is 3.45. The molecule has 6 N–H and O–H groups in total. The van der Waals surface area contributed by atoms with E-state index >= 15 is 0 Å². The van der Waals surface area contributed by atoms with Crippen LogP contribution in [0.2, 0.25) is 0 Å². The van der Waals surface area contributed by atoms with Gasteiger partial charge in [0.25, 0.3) is 0 Å². The van der Waals surface area contributed by atoms with Crippen LogP contribution in [-0.2, 0) is 0 Å². The van der Waals surface area contributed by atoms with E-state index in [4.69, 9.17) is 10.8 Å². The zero-order chi connectivity index (χ0) is 10.1. The van der Waals surface area contributed by atoms with E-state index in [1.54, 1.807) is 6.07 Å². The number of aromatic hydroxyl groups is 2. The SMILES string of the molecule is NC1NNCC1c1ccc(O)c(O)c1. The molecule has 0 aliphatic carbocycles. The van der Waals surface area contributed by atoms with E-state index in [1.807, 2.05) is 0 Å². The first kappa shape index (κ1) is 9.26. The first-order valence-corrected chi connectivity index (χ1v) is 4.44. The number of nitrogens with one attached hydrogen (secondary N) is 2. The maximum absolute atomic E-state index is 9.32. The third kappa shape index (κ3) is 1.52. The predicted octanol–water partition coefficient (Wildman–Crippen LogP) is -0.426. The van der Waals surface area contributed by atoms with Crippen LogP contribution >= 0.6 is 0 Å². The van der Waals surface area contributed by atoms with E-state index in [9.17, 15) is 5.11 Å². The fraction of sp³-hybridized carbons (Fsp3) is 0.333. The van der Waals surface area contributed by atoms with Crippen LogP contribution in [0.5, 0.6) is 11.5 Å². The lowest BCUT2D eigenvalue weighted by molar-refractivity contribution is 0.402. The summed E-state index contributed by atoms with van der Waals surface area (Å²) in [6, 6.07) is 4.76. The topological polar surface area (TPSA) is 90.5 Å². The van der Waals surface area contributed by atoms with E-state index in [1.165, 1.54) is 12.1 Å². The Labute approximate surface area is 81.5 Å². The van der Waals surface area contributed by atoms with Crippen molar-refractivity contribution in [1.29, 1.82) is 0 Å². The Bertz CT molecular complexity index is 343. The largest absolute Gasteiger partial charge is 0.504 e. The van der Waals surface area contributed by atoms with E-state index in [2.05, 4.69) is 10.9 Å². The zero-order valence-electron chi connectivity index (χ0n) is 7.57. The highest BCUT2D eigenvalue weighted by Gasteiger charge is 2.25. The molecule has 1 saturated heterocycles. The molecule has 1 aromatic rings. The second-order valence-corrected chi connectivity index (χ2v) is 3.41. The molecule has 0 bridgehead atoms. The third-order valence-electron chi connectivity index (χ3n) is 2.45. The Hall–Kier alpha value is -1.30. The predicted molar refractivity (Wildman–Crippen MR) is 51.6 cm³/mol.